The second-order valence-electron chi connectivity index (χ2n) is 2.69. The van der Waals surface area contributed by atoms with Crippen molar-refractivity contribution in [3.8, 4) is 17.2 Å². The molecule has 0 spiro atoms. The van der Waals surface area contributed by atoms with Gasteiger partial charge < -0.3 is 19.2 Å². The lowest BCUT2D eigenvalue weighted by Gasteiger charge is -2.12. The van der Waals surface area contributed by atoms with E-state index in [0.29, 0.717) is 17.2 Å². The van der Waals surface area contributed by atoms with Crippen molar-refractivity contribution in [2.45, 2.75) is 0 Å². The van der Waals surface area contributed by atoms with Gasteiger partial charge in [0.05, 0.1) is 21.3 Å². The molecule has 0 unspecified atom stereocenters. The highest BCUT2D eigenvalue weighted by Crippen LogP contribution is 2.35. The fourth-order valence-electron chi connectivity index (χ4n) is 1.23. The Labute approximate surface area is 83.7 Å². The van der Waals surface area contributed by atoms with E-state index in [1.807, 2.05) is 0 Å². The van der Waals surface area contributed by atoms with Crippen LogP contribution in [0, 0.1) is 0 Å². The van der Waals surface area contributed by atoms with Crippen LogP contribution in [0.5, 0.6) is 17.2 Å². The molecule has 0 aliphatic carbocycles. The molecular formula is C9H13BO4. The van der Waals surface area contributed by atoms with Gasteiger partial charge in [-0.3, -0.25) is 0 Å². The summed E-state index contributed by atoms with van der Waals surface area (Å²) < 4.78 is 15.3. The van der Waals surface area contributed by atoms with E-state index < -0.39 is 0 Å². The average molecular weight is 196 g/mol. The minimum atomic E-state index is -0.0588. The van der Waals surface area contributed by atoms with E-state index in [0.717, 1.165) is 5.46 Å². The van der Waals surface area contributed by atoms with Gasteiger partial charge in [-0.25, -0.2) is 0 Å². The summed E-state index contributed by atoms with van der Waals surface area (Å²) in [7, 11) is 4.56. The van der Waals surface area contributed by atoms with Crippen LogP contribution >= 0.6 is 0 Å². The number of methoxy groups -OCH3 is 3. The lowest BCUT2D eigenvalue weighted by atomic mass is 9.88. The zero-order valence-electron chi connectivity index (χ0n) is 8.53. The Bertz CT molecular complexity index is 289. The molecule has 0 atom stereocenters. The molecule has 0 fully saturated rings. The number of ether oxygens (including phenoxy) is 3. The predicted molar refractivity (Wildman–Crippen MR) is 55.1 cm³/mol. The van der Waals surface area contributed by atoms with Gasteiger partial charge in [-0.2, -0.15) is 0 Å². The van der Waals surface area contributed by atoms with Gasteiger partial charge in [0.2, 0.25) is 5.75 Å². The molecule has 0 aliphatic heterocycles. The molecule has 1 aromatic carbocycles. The molecule has 1 rings (SSSR count). The van der Waals surface area contributed by atoms with Crippen molar-refractivity contribution in [2.24, 2.45) is 0 Å². The van der Waals surface area contributed by atoms with Gasteiger partial charge in [0, 0.05) is 0 Å². The molecule has 0 bridgehead atoms. The van der Waals surface area contributed by atoms with Crippen LogP contribution < -0.4 is 19.7 Å². The summed E-state index contributed by atoms with van der Waals surface area (Å²) in [6.07, 6.45) is 0. The SMILES string of the molecule is COc1cc(BO)cc(OC)c1OC. The van der Waals surface area contributed by atoms with Crippen LogP contribution in [0.2, 0.25) is 0 Å². The highest BCUT2D eigenvalue weighted by Gasteiger charge is 2.12. The van der Waals surface area contributed by atoms with E-state index >= 15 is 0 Å². The van der Waals surface area contributed by atoms with E-state index in [4.69, 9.17) is 19.2 Å². The van der Waals surface area contributed by atoms with E-state index in [9.17, 15) is 0 Å². The molecule has 76 valence electrons. The van der Waals surface area contributed by atoms with E-state index in [1.54, 1.807) is 33.5 Å². The predicted octanol–water partition coefficient (Wildman–Crippen LogP) is -0.319. The zero-order chi connectivity index (χ0) is 10.6. The number of rotatable bonds is 4. The molecule has 0 heterocycles. The Kier molecular flexibility index (Phi) is 3.65. The van der Waals surface area contributed by atoms with Crippen molar-refractivity contribution in [1.82, 2.24) is 0 Å². The molecule has 0 aliphatic rings. The largest absolute Gasteiger partial charge is 0.493 e. The van der Waals surface area contributed by atoms with Crippen molar-refractivity contribution in [3.63, 3.8) is 0 Å². The van der Waals surface area contributed by atoms with Crippen molar-refractivity contribution in [1.29, 1.82) is 0 Å². The number of hydrogen-bond donors (Lipinski definition) is 1. The molecular weight excluding hydrogens is 183 g/mol. The fourth-order valence-corrected chi connectivity index (χ4v) is 1.23. The van der Waals surface area contributed by atoms with Crippen LogP contribution in [0.15, 0.2) is 12.1 Å². The van der Waals surface area contributed by atoms with Crippen molar-refractivity contribution in [3.05, 3.63) is 12.1 Å². The van der Waals surface area contributed by atoms with Gasteiger partial charge in [0.1, 0.15) is 0 Å². The van der Waals surface area contributed by atoms with Crippen LogP contribution in [0.4, 0.5) is 0 Å². The third-order valence-corrected chi connectivity index (χ3v) is 1.91. The Hall–Kier alpha value is -1.36. The summed E-state index contributed by atoms with van der Waals surface area (Å²) in [5.74, 6) is 1.64. The van der Waals surface area contributed by atoms with Gasteiger partial charge in [-0.15, -0.1) is 0 Å². The third-order valence-electron chi connectivity index (χ3n) is 1.91. The van der Waals surface area contributed by atoms with Crippen LogP contribution in [0.25, 0.3) is 0 Å². The zero-order valence-corrected chi connectivity index (χ0v) is 8.53. The minimum Gasteiger partial charge on any atom is -0.493 e. The first-order valence-corrected chi connectivity index (χ1v) is 4.16. The van der Waals surface area contributed by atoms with Crippen molar-refractivity contribution in [2.75, 3.05) is 21.3 Å². The lowest BCUT2D eigenvalue weighted by molar-refractivity contribution is 0.325. The maximum absolute atomic E-state index is 8.99. The van der Waals surface area contributed by atoms with Gasteiger partial charge in [0.25, 0.3) is 0 Å². The Balaban J connectivity index is 3.24. The van der Waals surface area contributed by atoms with Crippen LogP contribution in [0.1, 0.15) is 0 Å². The van der Waals surface area contributed by atoms with Crippen molar-refractivity contribution >= 4 is 12.9 Å². The standard InChI is InChI=1S/C9H13BO4/c1-12-7-4-6(10-11)5-8(13-2)9(7)14-3/h4-5,10-11H,1-3H3. The average Bonchev–Trinajstić information content (AvgIpc) is 2.26. The normalized spacial score (nSPS) is 9.43. The second kappa shape index (κ2) is 4.76. The molecule has 1 N–H and O–H groups in total. The summed E-state index contributed by atoms with van der Waals surface area (Å²) >= 11 is 0. The summed E-state index contributed by atoms with van der Waals surface area (Å²) in [5, 5.41) is 8.99. The number of benzene rings is 1. The first-order chi connectivity index (χ1) is 6.76. The maximum atomic E-state index is 8.99. The van der Waals surface area contributed by atoms with Gasteiger partial charge in [-0.05, 0) is 17.6 Å². The van der Waals surface area contributed by atoms with Crippen LogP contribution in [-0.4, -0.2) is 33.8 Å². The molecule has 0 aromatic heterocycles. The quantitative estimate of drug-likeness (QED) is 0.670. The summed E-state index contributed by atoms with van der Waals surface area (Å²) in [6.45, 7) is 0. The molecule has 1 aromatic rings. The fraction of sp³-hybridized carbons (Fsp3) is 0.333. The van der Waals surface area contributed by atoms with Gasteiger partial charge in [-0.1, -0.05) is 0 Å². The molecule has 0 radical (unpaired) electrons. The first-order valence-electron chi connectivity index (χ1n) is 4.16. The minimum absolute atomic E-state index is 0.0588. The number of hydrogen-bond acceptors (Lipinski definition) is 4. The lowest BCUT2D eigenvalue weighted by Crippen LogP contribution is -2.14. The van der Waals surface area contributed by atoms with Gasteiger partial charge >= 0.3 is 7.48 Å². The maximum Gasteiger partial charge on any atom is 0.305 e. The smallest absolute Gasteiger partial charge is 0.305 e. The highest BCUT2D eigenvalue weighted by molar-refractivity contribution is 6.45. The topological polar surface area (TPSA) is 47.9 Å². The molecule has 0 saturated heterocycles. The van der Waals surface area contributed by atoms with Crippen LogP contribution in [0.3, 0.4) is 0 Å². The molecule has 0 amide bonds. The van der Waals surface area contributed by atoms with E-state index in [-0.39, 0.29) is 7.48 Å². The Morgan fingerprint density at radius 1 is 1.00 bits per heavy atom. The van der Waals surface area contributed by atoms with Crippen molar-refractivity contribution < 1.29 is 19.2 Å². The summed E-state index contributed by atoms with van der Waals surface area (Å²) in [4.78, 5) is 0. The summed E-state index contributed by atoms with van der Waals surface area (Å²) in [5.41, 5.74) is 0.722. The molecule has 4 nitrogen and oxygen atoms in total. The Morgan fingerprint density at radius 2 is 1.50 bits per heavy atom. The molecule has 0 saturated carbocycles. The van der Waals surface area contributed by atoms with E-state index in [1.165, 1.54) is 0 Å². The van der Waals surface area contributed by atoms with Crippen LogP contribution in [-0.2, 0) is 0 Å². The molecule has 5 heteroatoms. The monoisotopic (exact) mass is 196 g/mol. The van der Waals surface area contributed by atoms with E-state index in [2.05, 4.69) is 0 Å². The molecule has 14 heavy (non-hydrogen) atoms. The summed E-state index contributed by atoms with van der Waals surface area (Å²) in [6, 6.07) is 3.42. The first kappa shape index (κ1) is 10.7. The highest BCUT2D eigenvalue weighted by atomic mass is 16.5. The second-order valence-corrected chi connectivity index (χ2v) is 2.69. The third kappa shape index (κ3) is 1.93. The Morgan fingerprint density at radius 3 is 1.79 bits per heavy atom. The van der Waals surface area contributed by atoms with Gasteiger partial charge in [0.15, 0.2) is 11.5 Å².